The summed E-state index contributed by atoms with van der Waals surface area (Å²) in [6, 6.07) is 5.89. The zero-order valence-electron chi connectivity index (χ0n) is 8.44. The van der Waals surface area contributed by atoms with Crippen molar-refractivity contribution >= 4 is 50.8 Å². The average Bonchev–Trinajstić information content (AvgIpc) is 2.18. The number of aryl methyl sites for hydroxylation is 1. The van der Waals surface area contributed by atoms with E-state index >= 15 is 0 Å². The summed E-state index contributed by atoms with van der Waals surface area (Å²) in [5, 5.41) is 4.98. The van der Waals surface area contributed by atoms with E-state index in [1.165, 1.54) is 0 Å². The summed E-state index contributed by atoms with van der Waals surface area (Å²) in [4.78, 5) is 4.52. The monoisotopic (exact) mass is 332 g/mol. The van der Waals surface area contributed by atoms with Crippen LogP contribution in [-0.4, -0.2) is 12.0 Å². The fourth-order valence-electron chi connectivity index (χ4n) is 1.59. The number of halogens is 2. The van der Waals surface area contributed by atoms with E-state index in [0.717, 1.165) is 30.9 Å². The summed E-state index contributed by atoms with van der Waals surface area (Å²) < 4.78 is 1.08. The molecule has 2 aromatic rings. The first-order valence-electron chi connectivity index (χ1n) is 4.56. The Morgan fingerprint density at radius 1 is 1.33 bits per heavy atom. The third kappa shape index (κ3) is 2.03. The van der Waals surface area contributed by atoms with E-state index in [9.17, 15) is 0 Å². The highest BCUT2D eigenvalue weighted by Gasteiger charge is 2.07. The lowest BCUT2D eigenvalue weighted by molar-refractivity contribution is 1.25. The molecule has 1 aromatic heterocycles. The summed E-state index contributed by atoms with van der Waals surface area (Å²) in [6.45, 7) is 1.99. The Balaban J connectivity index is 2.89. The number of hydrogen-bond acceptors (Lipinski definition) is 2. The van der Waals surface area contributed by atoms with Crippen LogP contribution in [0.2, 0.25) is 5.02 Å². The smallest absolute Gasteiger partial charge is 0.0860 e. The molecule has 0 radical (unpaired) electrons. The van der Waals surface area contributed by atoms with Crippen LogP contribution < -0.4 is 5.32 Å². The molecule has 0 aliphatic heterocycles. The number of nitrogens with zero attached hydrogens (tertiary/aromatic N) is 1. The topological polar surface area (TPSA) is 24.9 Å². The lowest BCUT2D eigenvalue weighted by Crippen LogP contribution is -1.95. The molecule has 4 heteroatoms. The van der Waals surface area contributed by atoms with Gasteiger partial charge in [-0.2, -0.15) is 0 Å². The lowest BCUT2D eigenvalue weighted by atomic mass is 10.1. The van der Waals surface area contributed by atoms with Gasteiger partial charge in [-0.1, -0.05) is 11.6 Å². The molecule has 1 heterocycles. The molecule has 0 aliphatic rings. The van der Waals surface area contributed by atoms with Crippen molar-refractivity contribution in [2.24, 2.45) is 0 Å². The van der Waals surface area contributed by atoms with Crippen molar-refractivity contribution in [3.05, 3.63) is 32.5 Å². The zero-order chi connectivity index (χ0) is 11.0. The molecule has 2 rings (SSSR count). The molecule has 0 atom stereocenters. The number of anilines is 1. The molecule has 0 unspecified atom stereocenters. The Labute approximate surface area is 107 Å². The number of hydrogen-bond donors (Lipinski definition) is 1. The average molecular weight is 333 g/mol. The quantitative estimate of drug-likeness (QED) is 0.803. The molecule has 0 fully saturated rings. The maximum atomic E-state index is 6.03. The van der Waals surface area contributed by atoms with Crippen molar-refractivity contribution in [1.82, 2.24) is 4.98 Å². The summed E-state index contributed by atoms with van der Waals surface area (Å²) in [6.07, 6.45) is 0. The van der Waals surface area contributed by atoms with Gasteiger partial charge in [-0.3, -0.25) is 4.98 Å². The molecular weight excluding hydrogens is 322 g/mol. The van der Waals surface area contributed by atoms with Gasteiger partial charge in [0, 0.05) is 32.4 Å². The molecule has 0 spiro atoms. The van der Waals surface area contributed by atoms with Gasteiger partial charge in [0.2, 0.25) is 0 Å². The van der Waals surface area contributed by atoms with Gasteiger partial charge >= 0.3 is 0 Å². The molecule has 1 aromatic carbocycles. The van der Waals surface area contributed by atoms with Crippen LogP contribution in [0.25, 0.3) is 10.9 Å². The third-order valence-electron chi connectivity index (χ3n) is 2.23. The van der Waals surface area contributed by atoms with Crippen molar-refractivity contribution in [1.29, 1.82) is 0 Å². The Bertz CT molecular complexity index is 525. The van der Waals surface area contributed by atoms with Gasteiger partial charge in [0.25, 0.3) is 0 Å². The van der Waals surface area contributed by atoms with E-state index in [-0.39, 0.29) is 0 Å². The summed E-state index contributed by atoms with van der Waals surface area (Å²) in [7, 11) is 1.90. The maximum Gasteiger partial charge on any atom is 0.0860 e. The first-order valence-corrected chi connectivity index (χ1v) is 6.01. The fourth-order valence-corrected chi connectivity index (χ4v) is 2.74. The molecule has 1 N–H and O–H groups in total. The molecule has 0 amide bonds. The van der Waals surface area contributed by atoms with Crippen LogP contribution in [0.15, 0.2) is 18.2 Å². The number of rotatable bonds is 1. The van der Waals surface area contributed by atoms with Gasteiger partial charge in [-0.25, -0.2) is 0 Å². The summed E-state index contributed by atoms with van der Waals surface area (Å²) in [5.41, 5.74) is 3.08. The van der Waals surface area contributed by atoms with Crippen molar-refractivity contribution in [3.8, 4) is 0 Å². The SMILES string of the molecule is CNc1cc(C)nc2c(I)cc(Cl)cc12. The molecular formula is C11H10ClIN2. The predicted octanol–water partition coefficient (Wildman–Crippen LogP) is 3.84. The highest BCUT2D eigenvalue weighted by atomic mass is 127. The normalized spacial score (nSPS) is 10.7. The number of nitrogens with one attached hydrogen (secondary N) is 1. The van der Waals surface area contributed by atoms with Gasteiger partial charge in [-0.15, -0.1) is 0 Å². The number of pyridine rings is 1. The van der Waals surface area contributed by atoms with Crippen LogP contribution >= 0.6 is 34.2 Å². The Kier molecular flexibility index (Phi) is 3.02. The highest BCUT2D eigenvalue weighted by molar-refractivity contribution is 14.1. The van der Waals surface area contributed by atoms with Crippen molar-refractivity contribution in [3.63, 3.8) is 0 Å². The molecule has 2 nitrogen and oxygen atoms in total. The first kappa shape index (κ1) is 11.0. The van der Waals surface area contributed by atoms with E-state index in [1.54, 1.807) is 0 Å². The maximum absolute atomic E-state index is 6.03. The van der Waals surface area contributed by atoms with Crippen molar-refractivity contribution < 1.29 is 0 Å². The van der Waals surface area contributed by atoms with Crippen LogP contribution in [0, 0.1) is 10.5 Å². The van der Waals surface area contributed by atoms with Gasteiger partial charge < -0.3 is 5.32 Å². The van der Waals surface area contributed by atoms with E-state index < -0.39 is 0 Å². The minimum absolute atomic E-state index is 0.744. The largest absolute Gasteiger partial charge is 0.388 e. The molecule has 0 bridgehead atoms. The molecule has 0 saturated carbocycles. The minimum atomic E-state index is 0.744. The van der Waals surface area contributed by atoms with Gasteiger partial charge in [0.15, 0.2) is 0 Å². The van der Waals surface area contributed by atoms with E-state index in [1.807, 2.05) is 32.2 Å². The van der Waals surface area contributed by atoms with E-state index in [2.05, 4.69) is 32.9 Å². The number of benzene rings is 1. The molecule has 0 aliphatic carbocycles. The van der Waals surface area contributed by atoms with Crippen molar-refractivity contribution in [2.75, 3.05) is 12.4 Å². The molecule has 0 saturated heterocycles. The fraction of sp³-hybridized carbons (Fsp3) is 0.182. The standard InChI is InChI=1S/C11H10ClIN2/c1-6-3-10(14-2)8-4-7(12)5-9(13)11(8)15-6/h3-5H,1-2H3,(H,14,15). The van der Waals surface area contributed by atoms with Gasteiger partial charge in [0.05, 0.1) is 5.52 Å². The second-order valence-corrected chi connectivity index (χ2v) is 4.94. The molecule has 78 valence electrons. The Morgan fingerprint density at radius 3 is 2.73 bits per heavy atom. The predicted molar refractivity (Wildman–Crippen MR) is 73.8 cm³/mol. The Hall–Kier alpha value is -0.550. The number of fused-ring (bicyclic) bond motifs is 1. The zero-order valence-corrected chi connectivity index (χ0v) is 11.3. The van der Waals surface area contributed by atoms with Crippen LogP contribution in [0.4, 0.5) is 5.69 Å². The van der Waals surface area contributed by atoms with Gasteiger partial charge in [-0.05, 0) is 47.7 Å². The van der Waals surface area contributed by atoms with Crippen LogP contribution in [-0.2, 0) is 0 Å². The second kappa shape index (κ2) is 4.14. The van der Waals surface area contributed by atoms with E-state index in [0.29, 0.717) is 0 Å². The van der Waals surface area contributed by atoms with Crippen LogP contribution in [0.5, 0.6) is 0 Å². The third-order valence-corrected chi connectivity index (χ3v) is 3.27. The minimum Gasteiger partial charge on any atom is -0.388 e. The van der Waals surface area contributed by atoms with Crippen molar-refractivity contribution in [2.45, 2.75) is 6.92 Å². The highest BCUT2D eigenvalue weighted by Crippen LogP contribution is 2.29. The molecule has 15 heavy (non-hydrogen) atoms. The van der Waals surface area contributed by atoms with E-state index in [4.69, 9.17) is 11.6 Å². The van der Waals surface area contributed by atoms with Crippen LogP contribution in [0.1, 0.15) is 5.69 Å². The summed E-state index contributed by atoms with van der Waals surface area (Å²) in [5.74, 6) is 0. The van der Waals surface area contributed by atoms with Crippen LogP contribution in [0.3, 0.4) is 0 Å². The first-order chi connectivity index (χ1) is 7.11. The number of aromatic nitrogens is 1. The second-order valence-electron chi connectivity index (χ2n) is 3.34. The Morgan fingerprint density at radius 2 is 2.07 bits per heavy atom. The lowest BCUT2D eigenvalue weighted by Gasteiger charge is -2.08. The summed E-state index contributed by atoms with van der Waals surface area (Å²) >= 11 is 8.29. The van der Waals surface area contributed by atoms with Gasteiger partial charge in [0.1, 0.15) is 0 Å².